The van der Waals surface area contributed by atoms with Gasteiger partial charge in [-0.05, 0) is 17.2 Å². The van der Waals surface area contributed by atoms with Crippen LogP contribution in [0.5, 0.6) is 0 Å². The lowest BCUT2D eigenvalue weighted by Gasteiger charge is -2.32. The van der Waals surface area contributed by atoms with E-state index in [1.807, 2.05) is 29.6 Å². The maximum absolute atomic E-state index is 12.1. The van der Waals surface area contributed by atoms with E-state index in [9.17, 15) is 19.2 Å². The van der Waals surface area contributed by atoms with Crippen LogP contribution in [0.2, 0.25) is 0 Å². The molecular formula is C17H19N3O5. The second kappa shape index (κ2) is 8.09. The summed E-state index contributed by atoms with van der Waals surface area (Å²) in [5.41, 5.74) is 1.74. The van der Waals surface area contributed by atoms with Gasteiger partial charge in [0.15, 0.2) is 6.61 Å². The van der Waals surface area contributed by atoms with E-state index in [0.717, 1.165) is 11.1 Å². The summed E-state index contributed by atoms with van der Waals surface area (Å²) in [6, 6.07) is 6.23. The lowest BCUT2D eigenvalue weighted by Crippen LogP contribution is -2.40. The molecule has 1 heterocycles. The number of hydrogen-bond donors (Lipinski definition) is 2. The fourth-order valence-electron chi connectivity index (χ4n) is 2.50. The Bertz CT molecular complexity index is 729. The molecule has 1 atom stereocenters. The highest BCUT2D eigenvalue weighted by molar-refractivity contribution is 5.95. The highest BCUT2D eigenvalue weighted by atomic mass is 16.5. The Labute approximate surface area is 144 Å². The van der Waals surface area contributed by atoms with Crippen molar-refractivity contribution in [1.29, 1.82) is 0 Å². The first-order valence-electron chi connectivity index (χ1n) is 7.65. The number of nitrogens with one attached hydrogen (secondary N) is 2. The van der Waals surface area contributed by atoms with Gasteiger partial charge in [0.05, 0.1) is 12.5 Å². The van der Waals surface area contributed by atoms with Gasteiger partial charge in [-0.3, -0.25) is 19.7 Å². The van der Waals surface area contributed by atoms with Crippen LogP contribution < -0.4 is 10.6 Å². The molecule has 132 valence electrons. The Kier molecular flexibility index (Phi) is 5.89. The fraction of sp³-hybridized carbons (Fsp3) is 0.294. The van der Waals surface area contributed by atoms with Crippen LogP contribution in [0.1, 0.15) is 30.5 Å². The number of esters is 1. The molecule has 2 N–H and O–H groups in total. The minimum absolute atomic E-state index is 0.103. The van der Waals surface area contributed by atoms with Crippen molar-refractivity contribution in [2.24, 2.45) is 0 Å². The molecule has 8 heteroatoms. The minimum Gasteiger partial charge on any atom is -0.455 e. The molecule has 25 heavy (non-hydrogen) atoms. The summed E-state index contributed by atoms with van der Waals surface area (Å²) < 4.78 is 4.90. The summed E-state index contributed by atoms with van der Waals surface area (Å²) in [4.78, 5) is 47.8. The van der Waals surface area contributed by atoms with Gasteiger partial charge in [-0.25, -0.2) is 4.79 Å². The monoisotopic (exact) mass is 345 g/mol. The summed E-state index contributed by atoms with van der Waals surface area (Å²) in [6.45, 7) is 0.837. The fourth-order valence-corrected chi connectivity index (χ4v) is 2.50. The quantitative estimate of drug-likeness (QED) is 0.791. The highest BCUT2D eigenvalue weighted by Crippen LogP contribution is 2.32. The molecule has 0 unspecified atom stereocenters. The number of fused-ring (bicyclic) bond motifs is 1. The van der Waals surface area contributed by atoms with Gasteiger partial charge in [0.2, 0.25) is 5.91 Å². The van der Waals surface area contributed by atoms with Crippen LogP contribution >= 0.6 is 0 Å². The molecule has 2 rings (SSSR count). The van der Waals surface area contributed by atoms with Crippen LogP contribution in [0.15, 0.2) is 30.5 Å². The van der Waals surface area contributed by atoms with E-state index in [1.165, 1.54) is 18.9 Å². The van der Waals surface area contributed by atoms with Gasteiger partial charge in [-0.15, -0.1) is 0 Å². The first kappa shape index (κ1) is 18.2. The lowest BCUT2D eigenvalue weighted by atomic mass is 9.94. The molecule has 1 aromatic carbocycles. The number of hydrogen-bond acceptors (Lipinski definition) is 5. The Morgan fingerprint density at radius 2 is 1.92 bits per heavy atom. The van der Waals surface area contributed by atoms with Crippen LogP contribution in [0, 0.1) is 0 Å². The third kappa shape index (κ3) is 4.66. The van der Waals surface area contributed by atoms with Crippen LogP contribution in [0.25, 0.3) is 6.08 Å². The number of urea groups is 1. The molecule has 0 fully saturated rings. The van der Waals surface area contributed by atoms with E-state index in [1.54, 1.807) is 12.3 Å². The van der Waals surface area contributed by atoms with E-state index in [4.69, 9.17) is 4.74 Å². The molecule has 1 aliphatic heterocycles. The number of carbonyl (C=O) groups is 4. The molecule has 1 aliphatic rings. The van der Waals surface area contributed by atoms with E-state index >= 15 is 0 Å². The molecule has 0 saturated carbocycles. The van der Waals surface area contributed by atoms with Crippen LogP contribution in [-0.4, -0.2) is 42.4 Å². The maximum Gasteiger partial charge on any atom is 0.321 e. The molecule has 8 nitrogen and oxygen atoms in total. The maximum atomic E-state index is 12.1. The zero-order valence-electron chi connectivity index (χ0n) is 13.9. The predicted molar refractivity (Wildman–Crippen MR) is 88.9 cm³/mol. The van der Waals surface area contributed by atoms with Gasteiger partial charge in [0, 0.05) is 20.2 Å². The Hall–Kier alpha value is -3.16. The predicted octanol–water partition coefficient (Wildman–Crippen LogP) is 0.949. The van der Waals surface area contributed by atoms with Gasteiger partial charge < -0.3 is 15.0 Å². The summed E-state index contributed by atoms with van der Waals surface area (Å²) in [7, 11) is 1.36. The number of benzene rings is 1. The second-order valence-electron chi connectivity index (χ2n) is 5.38. The zero-order chi connectivity index (χ0) is 18.4. The zero-order valence-corrected chi connectivity index (χ0v) is 13.9. The van der Waals surface area contributed by atoms with Crippen LogP contribution in [0.3, 0.4) is 0 Å². The van der Waals surface area contributed by atoms with Crippen LogP contribution in [0.4, 0.5) is 4.79 Å². The minimum atomic E-state index is -0.736. The Morgan fingerprint density at radius 3 is 2.60 bits per heavy atom. The molecule has 0 saturated heterocycles. The van der Waals surface area contributed by atoms with Crippen molar-refractivity contribution in [3.05, 3.63) is 41.6 Å². The van der Waals surface area contributed by atoms with Crippen molar-refractivity contribution in [2.45, 2.75) is 19.4 Å². The van der Waals surface area contributed by atoms with Crippen molar-refractivity contribution >= 4 is 29.9 Å². The molecule has 0 radical (unpaired) electrons. The first-order valence-corrected chi connectivity index (χ1v) is 7.65. The third-order valence-corrected chi connectivity index (χ3v) is 3.67. The van der Waals surface area contributed by atoms with Crippen molar-refractivity contribution in [1.82, 2.24) is 15.5 Å². The van der Waals surface area contributed by atoms with Crippen LogP contribution in [-0.2, 0) is 19.1 Å². The van der Waals surface area contributed by atoms with Crippen molar-refractivity contribution in [3.8, 4) is 0 Å². The topological polar surface area (TPSA) is 105 Å². The molecule has 0 aromatic heterocycles. The number of rotatable bonds is 4. The average molecular weight is 345 g/mol. The summed E-state index contributed by atoms with van der Waals surface area (Å²) in [5, 5.41) is 4.20. The van der Waals surface area contributed by atoms with E-state index < -0.39 is 30.6 Å². The Balaban J connectivity index is 2.02. The largest absolute Gasteiger partial charge is 0.455 e. The number of imide groups is 1. The van der Waals surface area contributed by atoms with Crippen molar-refractivity contribution in [2.75, 3.05) is 13.7 Å². The van der Waals surface area contributed by atoms with Crippen molar-refractivity contribution < 1.29 is 23.9 Å². The molecule has 0 spiro atoms. The summed E-state index contributed by atoms with van der Waals surface area (Å²) in [6.07, 6.45) is 3.32. The van der Waals surface area contributed by atoms with E-state index in [2.05, 4.69) is 5.32 Å². The first-order chi connectivity index (χ1) is 11.9. The molecule has 0 aliphatic carbocycles. The van der Waals surface area contributed by atoms with Gasteiger partial charge in [-0.1, -0.05) is 24.3 Å². The van der Waals surface area contributed by atoms with Crippen molar-refractivity contribution in [3.63, 3.8) is 0 Å². The number of ether oxygens (including phenoxy) is 1. The molecular weight excluding hydrogens is 326 g/mol. The number of nitrogens with zero attached hydrogens (tertiary/aromatic N) is 1. The molecule has 1 aromatic rings. The number of amides is 4. The van der Waals surface area contributed by atoms with E-state index in [0.29, 0.717) is 0 Å². The standard InChI is InChI=1S/C17H19N3O5/c1-11(21)20-8-7-12-5-3-4-6-13(12)14(20)9-16(23)25-10-15(22)19-17(24)18-2/h3-8,14H,9-10H2,1-2H3,(H2,18,19,22,24)/t14-/m0/s1. The highest BCUT2D eigenvalue weighted by Gasteiger charge is 2.28. The van der Waals surface area contributed by atoms with Gasteiger partial charge in [-0.2, -0.15) is 0 Å². The van der Waals surface area contributed by atoms with Gasteiger partial charge >= 0.3 is 12.0 Å². The second-order valence-corrected chi connectivity index (χ2v) is 5.38. The Morgan fingerprint density at radius 1 is 1.20 bits per heavy atom. The average Bonchev–Trinajstić information content (AvgIpc) is 2.59. The van der Waals surface area contributed by atoms with E-state index in [-0.39, 0.29) is 12.3 Å². The third-order valence-electron chi connectivity index (χ3n) is 3.67. The summed E-state index contributed by atoms with van der Waals surface area (Å²) >= 11 is 0. The smallest absolute Gasteiger partial charge is 0.321 e. The van der Waals surface area contributed by atoms with Gasteiger partial charge in [0.25, 0.3) is 5.91 Å². The molecule has 0 bridgehead atoms. The summed E-state index contributed by atoms with van der Waals surface area (Å²) in [5.74, 6) is -1.59. The molecule has 4 amide bonds. The normalized spacial score (nSPS) is 15.1. The number of carbonyl (C=O) groups excluding carboxylic acids is 4. The lowest BCUT2D eigenvalue weighted by molar-refractivity contribution is -0.149. The van der Waals surface area contributed by atoms with Gasteiger partial charge in [0.1, 0.15) is 0 Å². The SMILES string of the molecule is CNC(=O)NC(=O)COC(=O)C[C@H]1c2ccccc2C=CN1C(C)=O.